The number of nitrogens with zero attached hydrogens (tertiary/aromatic N) is 3. The summed E-state index contributed by atoms with van der Waals surface area (Å²) in [4.78, 5) is 42.8. The molecule has 3 heterocycles. The van der Waals surface area contributed by atoms with Gasteiger partial charge in [0.15, 0.2) is 6.10 Å². The van der Waals surface area contributed by atoms with E-state index in [4.69, 9.17) is 30.1 Å². The van der Waals surface area contributed by atoms with Gasteiger partial charge in [0.25, 0.3) is 0 Å². The summed E-state index contributed by atoms with van der Waals surface area (Å²) in [6.07, 6.45) is -4.69. The fourth-order valence-electron chi connectivity index (χ4n) is 4.59. The molecular weight excluding hydrogens is 655 g/mol. The molecule has 3 unspecified atom stereocenters. The number of aliphatic hydroxyl groups excluding tert-OH is 1. The van der Waals surface area contributed by atoms with E-state index in [9.17, 15) is 24.1 Å². The van der Waals surface area contributed by atoms with Crippen LogP contribution in [0.15, 0.2) is 41.3 Å². The lowest BCUT2D eigenvalue weighted by molar-refractivity contribution is -0.146. The average molecular weight is 694 g/mol. The van der Waals surface area contributed by atoms with Crippen LogP contribution in [0.25, 0.3) is 0 Å². The van der Waals surface area contributed by atoms with Crippen molar-refractivity contribution in [3.05, 3.63) is 52.0 Å². The van der Waals surface area contributed by atoms with Gasteiger partial charge in [0.2, 0.25) is 12.1 Å². The number of benzene rings is 1. The maximum absolute atomic E-state index is 15.2. The molecule has 1 amide bonds. The van der Waals surface area contributed by atoms with Gasteiger partial charge in [-0.05, 0) is 70.6 Å². The molecule has 0 saturated carbocycles. The third-order valence-electron chi connectivity index (χ3n) is 6.77. The maximum Gasteiger partial charge on any atom is 0.459 e. The molecule has 1 aromatic carbocycles. The largest absolute Gasteiger partial charge is 0.462 e. The van der Waals surface area contributed by atoms with Crippen molar-refractivity contribution in [1.82, 2.24) is 19.5 Å². The third-order valence-corrected chi connectivity index (χ3v) is 8.51. The highest BCUT2D eigenvalue weighted by Crippen LogP contribution is 2.47. The first-order valence-corrected chi connectivity index (χ1v) is 16.6. The Labute approximate surface area is 269 Å². The molecule has 256 valence electrons. The second kappa shape index (κ2) is 16.2. The molecule has 1 aromatic heterocycles. The molecule has 0 radical (unpaired) electrons. The number of carbonyl (C=O) groups excluding carboxylic acids is 2. The Kier molecular flexibility index (Phi) is 13.2. The van der Waals surface area contributed by atoms with Crippen molar-refractivity contribution < 1.29 is 46.6 Å². The van der Waals surface area contributed by atoms with E-state index in [0.29, 0.717) is 16.0 Å². The third kappa shape index (κ3) is 9.53. The van der Waals surface area contributed by atoms with E-state index in [-0.39, 0.29) is 17.5 Å². The number of rotatable bonds is 12. The summed E-state index contributed by atoms with van der Waals surface area (Å²) in [5, 5.41) is 15.6. The van der Waals surface area contributed by atoms with Crippen LogP contribution in [-0.2, 0) is 28.2 Å². The fraction of sp³-hybridized carbons (Fsp3) is 0.571. The van der Waals surface area contributed by atoms with Crippen molar-refractivity contribution in [2.75, 3.05) is 32.1 Å². The molecule has 4 rings (SSSR count). The number of carbonyl (C=O) groups is 2. The molecule has 2 saturated heterocycles. The van der Waals surface area contributed by atoms with Crippen molar-refractivity contribution >= 4 is 37.0 Å². The summed E-state index contributed by atoms with van der Waals surface area (Å²) in [5.74, 6) is -5.34. The van der Waals surface area contributed by atoms with Gasteiger partial charge in [0, 0.05) is 11.2 Å². The number of likely N-dealkylation sites (N-methyl/N-ethyl adjacent to an activating group) is 1. The minimum atomic E-state index is -4.46. The summed E-state index contributed by atoms with van der Waals surface area (Å²) >= 11 is 5.87. The van der Waals surface area contributed by atoms with E-state index in [1.54, 1.807) is 20.9 Å². The summed E-state index contributed by atoms with van der Waals surface area (Å²) in [7, 11) is -2.68. The van der Waals surface area contributed by atoms with Crippen LogP contribution in [0.3, 0.4) is 0 Å². The number of hydrogen-bond donors (Lipinski definition) is 3. The number of nitrogens with one attached hydrogen (secondary N) is 2. The van der Waals surface area contributed by atoms with E-state index in [0.717, 1.165) is 25.2 Å². The zero-order chi connectivity index (χ0) is 34.2. The molecule has 46 heavy (non-hydrogen) atoms. The Hall–Kier alpha value is -2.98. The van der Waals surface area contributed by atoms with Gasteiger partial charge in [-0.3, -0.25) is 23.6 Å². The van der Waals surface area contributed by atoms with Crippen molar-refractivity contribution in [3.63, 3.8) is 0 Å². The topological polar surface area (TPSA) is 171 Å². The zero-order valence-corrected chi connectivity index (χ0v) is 27.7. The molecule has 0 aliphatic carbocycles. The molecule has 0 spiro atoms. The Morgan fingerprint density at radius 2 is 1.91 bits per heavy atom. The van der Waals surface area contributed by atoms with E-state index in [1.807, 2.05) is 18.7 Å². The number of esters is 1. The summed E-state index contributed by atoms with van der Waals surface area (Å²) < 4.78 is 65.3. The predicted octanol–water partition coefficient (Wildman–Crippen LogP) is 3.59. The van der Waals surface area contributed by atoms with E-state index in [1.165, 1.54) is 24.3 Å². The minimum absolute atomic E-state index is 0.00272. The van der Waals surface area contributed by atoms with Gasteiger partial charge >= 0.3 is 25.3 Å². The smallest absolute Gasteiger partial charge is 0.459 e. The van der Waals surface area contributed by atoms with Crippen LogP contribution in [0.1, 0.15) is 46.8 Å². The normalized spacial score (nSPS) is 23.7. The van der Waals surface area contributed by atoms with Crippen molar-refractivity contribution in [2.24, 2.45) is 0 Å². The van der Waals surface area contributed by atoms with Crippen LogP contribution in [0.2, 0.25) is 5.02 Å². The number of likely N-dealkylation sites (tertiary alicyclic amines) is 1. The Morgan fingerprint density at radius 3 is 2.50 bits per heavy atom. The van der Waals surface area contributed by atoms with Gasteiger partial charge in [-0.2, -0.15) is 13.8 Å². The molecule has 5 atom stereocenters. The van der Waals surface area contributed by atoms with Crippen LogP contribution in [0.5, 0.6) is 5.75 Å². The SMILES string of the molecule is CC.CC(C)OC(=O)CNP(=O)(OCC1OC(n2ccc(NC(=O)[C@@H]3CCCN3C)nc2=O)C(F)(F)[C@@H]1O)Oc1ccc(Cl)cc1. The number of halogens is 3. The molecule has 18 heteroatoms. The molecule has 2 aliphatic heterocycles. The number of aliphatic hydroxyl groups is 1. The quantitative estimate of drug-likeness (QED) is 0.218. The number of hydrogen-bond acceptors (Lipinski definition) is 11. The lowest BCUT2D eigenvalue weighted by Crippen LogP contribution is -2.42. The monoisotopic (exact) mass is 693 g/mol. The minimum Gasteiger partial charge on any atom is -0.462 e. The molecule has 3 N–H and O–H groups in total. The second-order valence-corrected chi connectivity index (χ2v) is 12.7. The highest BCUT2D eigenvalue weighted by molar-refractivity contribution is 7.52. The number of alkyl halides is 2. The van der Waals surface area contributed by atoms with Gasteiger partial charge in [-0.25, -0.2) is 14.4 Å². The first-order chi connectivity index (χ1) is 21.7. The Bertz CT molecular complexity index is 1450. The number of anilines is 1. The highest BCUT2D eigenvalue weighted by Gasteiger charge is 2.60. The van der Waals surface area contributed by atoms with Gasteiger partial charge < -0.3 is 24.4 Å². The van der Waals surface area contributed by atoms with Gasteiger partial charge in [-0.15, -0.1) is 0 Å². The maximum atomic E-state index is 15.2. The van der Waals surface area contributed by atoms with Crippen LogP contribution >= 0.6 is 19.3 Å². The van der Waals surface area contributed by atoms with Crippen molar-refractivity contribution in [3.8, 4) is 5.75 Å². The average Bonchev–Trinajstić information content (AvgIpc) is 3.53. The summed E-state index contributed by atoms with van der Waals surface area (Å²) in [6, 6.07) is 6.31. The Balaban J connectivity index is 0.00000282. The molecule has 2 aliphatic rings. The second-order valence-electron chi connectivity index (χ2n) is 10.5. The fourth-order valence-corrected chi connectivity index (χ4v) is 5.99. The summed E-state index contributed by atoms with van der Waals surface area (Å²) in [6.45, 7) is 6.41. The predicted molar refractivity (Wildman–Crippen MR) is 164 cm³/mol. The first kappa shape index (κ1) is 37.5. The number of ether oxygens (including phenoxy) is 2. The van der Waals surface area contributed by atoms with Crippen LogP contribution < -0.4 is 20.6 Å². The van der Waals surface area contributed by atoms with E-state index in [2.05, 4.69) is 15.4 Å². The zero-order valence-electron chi connectivity index (χ0n) is 26.0. The molecule has 14 nitrogen and oxygen atoms in total. The van der Waals surface area contributed by atoms with E-state index >= 15 is 8.78 Å². The number of aromatic nitrogens is 2. The molecule has 2 aromatic rings. The highest BCUT2D eigenvalue weighted by atomic mass is 35.5. The van der Waals surface area contributed by atoms with Crippen LogP contribution in [-0.4, -0.2) is 88.5 Å². The van der Waals surface area contributed by atoms with Gasteiger partial charge in [0.05, 0.1) is 18.8 Å². The number of amides is 1. The lowest BCUT2D eigenvalue weighted by atomic mass is 10.1. The summed E-state index contributed by atoms with van der Waals surface area (Å²) in [5.41, 5.74) is -1.18. The van der Waals surface area contributed by atoms with Crippen LogP contribution in [0.4, 0.5) is 14.6 Å². The van der Waals surface area contributed by atoms with Gasteiger partial charge in [-0.1, -0.05) is 25.4 Å². The van der Waals surface area contributed by atoms with Crippen LogP contribution in [0, 0.1) is 0 Å². The molecular formula is C28H39ClF2N5O9P. The van der Waals surface area contributed by atoms with Crippen molar-refractivity contribution in [1.29, 1.82) is 0 Å². The lowest BCUT2D eigenvalue weighted by Gasteiger charge is -2.22. The molecule has 2 fully saturated rings. The van der Waals surface area contributed by atoms with Crippen molar-refractivity contribution in [2.45, 2.75) is 77.0 Å². The standard InChI is InChI=1S/C26H33ClF2N5O9P.C2H6/c1-15(2)41-21(35)13-30-44(39,43-17-8-6-16(27)7-9-17)40-14-19-22(36)26(28,29)24(42-19)34-12-10-20(32-25(34)38)31-23(37)18-5-4-11-33(18)3;1-2/h6-10,12,15,18-19,22,24,36H,4-5,11,13-14H2,1-3H3,(H,30,39)(H,31,32,37,38);1-2H3/t18-,19?,22+,24?,44?;/m0./s1. The Morgan fingerprint density at radius 1 is 1.24 bits per heavy atom. The first-order valence-electron chi connectivity index (χ1n) is 14.6. The molecule has 0 bridgehead atoms. The van der Waals surface area contributed by atoms with E-state index < -0.39 is 69.1 Å². The van der Waals surface area contributed by atoms with Gasteiger partial charge in [0.1, 0.15) is 24.2 Å².